The molecule has 20 heavy (non-hydrogen) atoms. The lowest BCUT2D eigenvalue weighted by molar-refractivity contribution is -0.349. The van der Waals surface area contributed by atoms with Crippen LogP contribution in [0.25, 0.3) is 22.6 Å². The van der Waals surface area contributed by atoms with Gasteiger partial charge in [-0.25, -0.2) is 9.97 Å². The van der Waals surface area contributed by atoms with E-state index in [-0.39, 0.29) is 12.4 Å². The predicted molar refractivity (Wildman–Crippen MR) is 78.2 cm³/mol. The van der Waals surface area contributed by atoms with Gasteiger partial charge in [0, 0.05) is 16.9 Å². The van der Waals surface area contributed by atoms with Crippen LogP contribution < -0.4 is 17.4 Å². The summed E-state index contributed by atoms with van der Waals surface area (Å²) in [5.41, 5.74) is 6.50. The van der Waals surface area contributed by atoms with E-state index in [1.54, 1.807) is 0 Å². The summed E-state index contributed by atoms with van der Waals surface area (Å²) in [4.78, 5) is 8.61. The van der Waals surface area contributed by atoms with Gasteiger partial charge in [-0.05, 0) is 36.9 Å². The van der Waals surface area contributed by atoms with E-state index in [9.17, 15) is 0 Å². The molecule has 0 saturated carbocycles. The van der Waals surface area contributed by atoms with Crippen molar-refractivity contribution in [1.29, 1.82) is 0 Å². The SMILES string of the molecule is Cc1ccc(-c2[nH]c3c([nH+]2)-c2ccsc2CC3)cc1.[Cl-]. The molecule has 0 spiro atoms. The molecule has 4 heteroatoms. The quantitative estimate of drug-likeness (QED) is 0.684. The molecule has 3 aromatic rings. The molecule has 1 aromatic carbocycles. The van der Waals surface area contributed by atoms with Crippen molar-refractivity contribution in [2.45, 2.75) is 19.8 Å². The molecule has 2 nitrogen and oxygen atoms in total. The fourth-order valence-corrected chi connectivity index (χ4v) is 3.61. The second-order valence-corrected chi connectivity index (χ2v) is 6.10. The molecule has 0 radical (unpaired) electrons. The Labute approximate surface area is 128 Å². The fraction of sp³-hybridized carbons (Fsp3) is 0.188. The smallest absolute Gasteiger partial charge is 0.285 e. The summed E-state index contributed by atoms with van der Waals surface area (Å²) in [6, 6.07) is 10.9. The van der Waals surface area contributed by atoms with Gasteiger partial charge in [-0.3, -0.25) is 0 Å². The molecule has 0 unspecified atom stereocenters. The molecule has 0 bridgehead atoms. The van der Waals surface area contributed by atoms with E-state index < -0.39 is 0 Å². The number of imidazole rings is 1. The molecule has 0 saturated heterocycles. The summed E-state index contributed by atoms with van der Waals surface area (Å²) in [5, 5.41) is 2.19. The first kappa shape index (κ1) is 13.4. The summed E-state index contributed by atoms with van der Waals surface area (Å²) in [5.74, 6) is 1.11. The van der Waals surface area contributed by atoms with E-state index in [4.69, 9.17) is 0 Å². The van der Waals surface area contributed by atoms with Crippen molar-refractivity contribution >= 4 is 11.3 Å². The highest BCUT2D eigenvalue weighted by atomic mass is 35.5. The number of nitrogens with one attached hydrogen (secondary N) is 2. The average Bonchev–Trinajstić information content (AvgIpc) is 3.04. The van der Waals surface area contributed by atoms with Crippen molar-refractivity contribution in [3.05, 3.63) is 51.8 Å². The third-order valence-electron chi connectivity index (χ3n) is 3.78. The summed E-state index contributed by atoms with van der Waals surface area (Å²) in [6.45, 7) is 2.12. The zero-order valence-electron chi connectivity index (χ0n) is 11.2. The topological polar surface area (TPSA) is 29.9 Å². The number of thiophene rings is 1. The van der Waals surface area contributed by atoms with Gasteiger partial charge < -0.3 is 12.4 Å². The Hall–Kier alpha value is -1.58. The van der Waals surface area contributed by atoms with Crippen LogP contribution in [-0.2, 0) is 12.8 Å². The fourth-order valence-electron chi connectivity index (χ4n) is 2.72. The van der Waals surface area contributed by atoms with Crippen molar-refractivity contribution in [1.82, 2.24) is 4.98 Å². The molecule has 0 amide bonds. The maximum atomic E-state index is 3.56. The van der Waals surface area contributed by atoms with Gasteiger partial charge >= 0.3 is 0 Å². The number of H-pyrrole nitrogens is 2. The van der Waals surface area contributed by atoms with Crippen molar-refractivity contribution in [2.24, 2.45) is 0 Å². The third-order valence-corrected chi connectivity index (χ3v) is 4.77. The molecule has 102 valence electrons. The van der Waals surface area contributed by atoms with Gasteiger partial charge in [0.05, 0.1) is 5.56 Å². The average molecular weight is 303 g/mol. The molecule has 1 aliphatic carbocycles. The summed E-state index contributed by atoms with van der Waals surface area (Å²) < 4.78 is 0. The number of hydrogen-bond donors (Lipinski definition) is 1. The first-order valence-electron chi connectivity index (χ1n) is 6.59. The largest absolute Gasteiger partial charge is 1.00 e. The Morgan fingerprint density at radius 1 is 1.10 bits per heavy atom. The summed E-state index contributed by atoms with van der Waals surface area (Å²) >= 11 is 1.86. The van der Waals surface area contributed by atoms with Crippen molar-refractivity contribution in [3.63, 3.8) is 0 Å². The first-order chi connectivity index (χ1) is 9.31. The zero-order chi connectivity index (χ0) is 12.8. The lowest BCUT2D eigenvalue weighted by atomic mass is 10.0. The van der Waals surface area contributed by atoms with Crippen LogP contribution in [0.2, 0.25) is 0 Å². The van der Waals surface area contributed by atoms with Gasteiger partial charge in [0.2, 0.25) is 0 Å². The number of rotatable bonds is 1. The highest BCUT2D eigenvalue weighted by Gasteiger charge is 2.26. The molecule has 0 fully saturated rings. The van der Waals surface area contributed by atoms with E-state index in [1.165, 1.54) is 33.0 Å². The van der Waals surface area contributed by atoms with Gasteiger partial charge in [0.15, 0.2) is 5.69 Å². The molecular formula is C16H15ClN2S. The Morgan fingerprint density at radius 3 is 2.70 bits per heavy atom. The van der Waals surface area contributed by atoms with Gasteiger partial charge in [-0.2, -0.15) is 0 Å². The number of fused-ring (bicyclic) bond motifs is 3. The van der Waals surface area contributed by atoms with Crippen LogP contribution in [0.5, 0.6) is 0 Å². The minimum absolute atomic E-state index is 0. The van der Waals surface area contributed by atoms with E-state index in [0.717, 1.165) is 18.7 Å². The number of benzene rings is 1. The second kappa shape index (κ2) is 5.08. The van der Waals surface area contributed by atoms with Crippen LogP contribution in [-0.4, -0.2) is 4.98 Å². The molecular weight excluding hydrogens is 288 g/mol. The predicted octanol–water partition coefficient (Wildman–Crippen LogP) is 0.635. The monoisotopic (exact) mass is 302 g/mol. The van der Waals surface area contributed by atoms with Crippen LogP contribution in [0.15, 0.2) is 35.7 Å². The standard InChI is InChI=1S/C16H14N2S.ClH/c1-10-2-4-11(5-3-10)16-17-13-6-7-14-12(8-9-19-14)15(13)18-16;/h2-5,8-9H,6-7H2,1H3,(H,17,18);1H. The third kappa shape index (κ3) is 2.07. The van der Waals surface area contributed by atoms with Crippen LogP contribution in [0.3, 0.4) is 0 Å². The minimum Gasteiger partial charge on any atom is -1.00 e. The molecule has 2 heterocycles. The number of aromatic nitrogens is 2. The zero-order valence-corrected chi connectivity index (χ0v) is 12.7. The highest BCUT2D eigenvalue weighted by Crippen LogP contribution is 2.34. The Kier molecular flexibility index (Phi) is 3.40. The number of aromatic amines is 2. The molecule has 2 N–H and O–H groups in total. The van der Waals surface area contributed by atoms with Crippen LogP contribution in [0, 0.1) is 6.92 Å². The van der Waals surface area contributed by atoms with Crippen molar-refractivity contribution in [3.8, 4) is 22.6 Å². The van der Waals surface area contributed by atoms with E-state index in [1.807, 2.05) is 11.3 Å². The maximum absolute atomic E-state index is 3.56. The molecule has 2 aromatic heterocycles. The molecule has 4 rings (SSSR count). The van der Waals surface area contributed by atoms with E-state index in [2.05, 4.69) is 52.6 Å². The summed E-state index contributed by atoms with van der Waals surface area (Å²) in [7, 11) is 0. The highest BCUT2D eigenvalue weighted by molar-refractivity contribution is 7.10. The van der Waals surface area contributed by atoms with Gasteiger partial charge in [0.1, 0.15) is 5.69 Å². The van der Waals surface area contributed by atoms with Gasteiger partial charge in [0.25, 0.3) is 5.82 Å². The van der Waals surface area contributed by atoms with Crippen LogP contribution in [0.4, 0.5) is 0 Å². The number of hydrogen-bond acceptors (Lipinski definition) is 1. The van der Waals surface area contributed by atoms with Gasteiger partial charge in [-0.15, -0.1) is 11.3 Å². The molecule has 0 atom stereocenters. The number of aryl methyl sites for hydroxylation is 3. The van der Waals surface area contributed by atoms with Crippen molar-refractivity contribution in [2.75, 3.05) is 0 Å². The van der Waals surface area contributed by atoms with Crippen molar-refractivity contribution < 1.29 is 17.4 Å². The first-order valence-corrected chi connectivity index (χ1v) is 7.47. The Morgan fingerprint density at radius 2 is 1.90 bits per heavy atom. The lowest BCUT2D eigenvalue weighted by Crippen LogP contribution is -3.00. The maximum Gasteiger partial charge on any atom is 0.285 e. The molecule has 0 aliphatic heterocycles. The second-order valence-electron chi connectivity index (χ2n) is 5.10. The Balaban J connectivity index is 0.00000121. The van der Waals surface area contributed by atoms with Crippen LogP contribution >= 0.6 is 11.3 Å². The van der Waals surface area contributed by atoms with Crippen LogP contribution in [0.1, 0.15) is 16.1 Å². The minimum atomic E-state index is 0. The number of halogens is 1. The summed E-state index contributed by atoms with van der Waals surface area (Å²) in [6.07, 6.45) is 2.26. The lowest BCUT2D eigenvalue weighted by Gasteiger charge is -2.05. The Bertz CT molecular complexity index is 740. The molecule has 1 aliphatic rings. The van der Waals surface area contributed by atoms with Gasteiger partial charge in [-0.1, -0.05) is 17.7 Å². The van der Waals surface area contributed by atoms with E-state index >= 15 is 0 Å². The van der Waals surface area contributed by atoms with E-state index in [0.29, 0.717) is 0 Å². The normalized spacial score (nSPS) is 12.4.